The summed E-state index contributed by atoms with van der Waals surface area (Å²) in [6.07, 6.45) is 1.66. The van der Waals surface area contributed by atoms with Crippen molar-refractivity contribution < 1.29 is 9.53 Å². The van der Waals surface area contributed by atoms with Crippen molar-refractivity contribution in [3.05, 3.63) is 36.0 Å². The van der Waals surface area contributed by atoms with Gasteiger partial charge in [-0.25, -0.2) is 4.79 Å². The minimum absolute atomic E-state index is 0.230. The zero-order chi connectivity index (χ0) is 16.5. The van der Waals surface area contributed by atoms with Gasteiger partial charge < -0.3 is 10.1 Å². The van der Waals surface area contributed by atoms with E-state index >= 15 is 0 Å². The molecule has 2 aromatic rings. The molecule has 0 fully saturated rings. The molecule has 1 unspecified atom stereocenters. The minimum Gasteiger partial charge on any atom is -0.445 e. The second kappa shape index (κ2) is 8.91. The van der Waals surface area contributed by atoms with Crippen molar-refractivity contribution in [3.8, 4) is 22.4 Å². The Morgan fingerprint density at radius 2 is 2.17 bits per heavy atom. The Bertz CT molecular complexity index is 689. The summed E-state index contributed by atoms with van der Waals surface area (Å²) in [5, 5.41) is 6.88. The van der Waals surface area contributed by atoms with Crippen molar-refractivity contribution in [1.82, 2.24) is 14.9 Å². The highest BCUT2D eigenvalue weighted by Gasteiger charge is 2.20. The van der Waals surface area contributed by atoms with Crippen LogP contribution in [0.25, 0.3) is 10.4 Å². The standard InChI is InChI=1S/C17H19N3O2S/c1-3-4-11-18-12-10-13(2)22-17(21)15-16(23-20-19-15)14-8-6-5-7-9-14/h5-9,13,18H,3-4,11H2,1-2H3. The van der Waals surface area contributed by atoms with Crippen molar-refractivity contribution in [3.63, 3.8) is 0 Å². The first-order chi connectivity index (χ1) is 11.2. The van der Waals surface area contributed by atoms with E-state index in [1.807, 2.05) is 30.3 Å². The number of benzene rings is 1. The molecule has 2 rings (SSSR count). The number of aromatic nitrogens is 2. The van der Waals surface area contributed by atoms with Gasteiger partial charge in [-0.1, -0.05) is 48.2 Å². The normalized spacial score (nSPS) is 11.2. The monoisotopic (exact) mass is 329 g/mol. The molecule has 1 heterocycles. The smallest absolute Gasteiger partial charge is 0.361 e. The lowest BCUT2D eigenvalue weighted by Crippen LogP contribution is -2.16. The van der Waals surface area contributed by atoms with Crippen LogP contribution in [0.3, 0.4) is 0 Å². The summed E-state index contributed by atoms with van der Waals surface area (Å²) >= 11 is 1.17. The van der Waals surface area contributed by atoms with Gasteiger partial charge in [0, 0.05) is 12.6 Å². The van der Waals surface area contributed by atoms with E-state index in [1.54, 1.807) is 6.92 Å². The van der Waals surface area contributed by atoms with Crippen LogP contribution in [0.5, 0.6) is 0 Å². The number of ether oxygens (including phenoxy) is 1. The van der Waals surface area contributed by atoms with Crippen LogP contribution in [0.2, 0.25) is 0 Å². The number of esters is 1. The average molecular weight is 329 g/mol. The quantitative estimate of drug-likeness (QED) is 0.382. The minimum atomic E-state index is -0.512. The fraction of sp³-hybridized carbons (Fsp3) is 0.353. The number of nitrogens with one attached hydrogen (secondary N) is 1. The molecule has 0 aliphatic carbocycles. The molecule has 0 saturated heterocycles. The van der Waals surface area contributed by atoms with Crippen LogP contribution >= 0.6 is 11.5 Å². The van der Waals surface area contributed by atoms with Crippen LogP contribution in [0, 0.1) is 12.0 Å². The van der Waals surface area contributed by atoms with E-state index in [1.165, 1.54) is 11.5 Å². The van der Waals surface area contributed by atoms with Crippen LogP contribution in [0.15, 0.2) is 30.3 Å². The van der Waals surface area contributed by atoms with Crippen LogP contribution in [-0.2, 0) is 4.74 Å². The number of nitrogens with zero attached hydrogens (tertiary/aromatic N) is 2. The zero-order valence-corrected chi connectivity index (χ0v) is 14.0. The molecule has 0 amide bonds. The van der Waals surface area contributed by atoms with Gasteiger partial charge >= 0.3 is 5.97 Å². The summed E-state index contributed by atoms with van der Waals surface area (Å²) in [6, 6.07) is 12.3. The molecule has 5 nitrogen and oxygen atoms in total. The van der Waals surface area contributed by atoms with E-state index in [0.717, 1.165) is 24.9 Å². The van der Waals surface area contributed by atoms with E-state index in [0.29, 0.717) is 4.88 Å². The van der Waals surface area contributed by atoms with Crippen molar-refractivity contribution in [2.75, 3.05) is 6.54 Å². The molecular weight excluding hydrogens is 310 g/mol. The first-order valence-corrected chi connectivity index (χ1v) is 8.32. The molecule has 0 spiro atoms. The summed E-state index contributed by atoms with van der Waals surface area (Å²) in [5.74, 6) is 2.34. The van der Waals surface area contributed by atoms with E-state index in [2.05, 4.69) is 33.8 Å². The van der Waals surface area contributed by atoms with Gasteiger partial charge in [-0.3, -0.25) is 0 Å². The highest BCUT2D eigenvalue weighted by molar-refractivity contribution is 7.09. The number of rotatable bonds is 6. The second-order valence-corrected chi connectivity index (χ2v) is 5.67. The van der Waals surface area contributed by atoms with Gasteiger partial charge in [0.05, 0.1) is 4.88 Å². The highest BCUT2D eigenvalue weighted by atomic mass is 32.1. The summed E-state index contributed by atoms with van der Waals surface area (Å²) < 4.78 is 9.18. The largest absolute Gasteiger partial charge is 0.445 e. The zero-order valence-electron chi connectivity index (χ0n) is 13.2. The van der Waals surface area contributed by atoms with Gasteiger partial charge in [-0.2, -0.15) is 0 Å². The lowest BCUT2D eigenvalue weighted by Gasteiger charge is -2.06. The Kier molecular flexibility index (Phi) is 6.57. The van der Waals surface area contributed by atoms with Gasteiger partial charge in [-0.05, 0) is 36.4 Å². The number of hydrogen-bond donors (Lipinski definition) is 1. The van der Waals surface area contributed by atoms with Crippen LogP contribution in [0.4, 0.5) is 0 Å². The van der Waals surface area contributed by atoms with Gasteiger partial charge in [0.15, 0.2) is 11.8 Å². The van der Waals surface area contributed by atoms with Crippen molar-refractivity contribution >= 4 is 17.5 Å². The Morgan fingerprint density at radius 3 is 2.91 bits per heavy atom. The maximum absolute atomic E-state index is 12.2. The summed E-state index contributed by atoms with van der Waals surface area (Å²) in [5.41, 5.74) is 1.13. The van der Waals surface area contributed by atoms with Gasteiger partial charge in [0.25, 0.3) is 0 Å². The summed E-state index contributed by atoms with van der Waals surface area (Å²) in [6.45, 7) is 4.68. The Labute approximate surface area is 140 Å². The average Bonchev–Trinajstić information content (AvgIpc) is 3.05. The molecule has 0 saturated carbocycles. The fourth-order valence-electron chi connectivity index (χ4n) is 1.83. The maximum atomic E-state index is 12.2. The third-order valence-corrected chi connectivity index (χ3v) is 3.80. The highest BCUT2D eigenvalue weighted by Crippen LogP contribution is 2.26. The Morgan fingerprint density at radius 1 is 1.39 bits per heavy atom. The van der Waals surface area contributed by atoms with Crippen molar-refractivity contribution in [1.29, 1.82) is 0 Å². The molecule has 0 bridgehead atoms. The fourth-order valence-corrected chi connectivity index (χ4v) is 2.49. The second-order valence-electron chi connectivity index (χ2n) is 4.91. The SMILES string of the molecule is CCCCNC#CC(C)OC(=O)c1nnsc1-c1ccccc1. The Hall–Kier alpha value is -2.39. The van der Waals surface area contributed by atoms with E-state index < -0.39 is 12.1 Å². The third kappa shape index (κ3) is 5.08. The molecule has 23 heavy (non-hydrogen) atoms. The van der Waals surface area contributed by atoms with Crippen LogP contribution in [0.1, 0.15) is 37.2 Å². The lowest BCUT2D eigenvalue weighted by atomic mass is 10.1. The molecule has 1 aromatic carbocycles. The summed E-state index contributed by atoms with van der Waals surface area (Å²) in [4.78, 5) is 12.9. The molecule has 120 valence electrons. The maximum Gasteiger partial charge on any atom is 0.361 e. The molecule has 1 N–H and O–H groups in total. The summed E-state index contributed by atoms with van der Waals surface area (Å²) in [7, 11) is 0. The van der Waals surface area contributed by atoms with Gasteiger partial charge in [0.2, 0.25) is 0 Å². The predicted molar refractivity (Wildman–Crippen MR) is 90.9 cm³/mol. The van der Waals surface area contributed by atoms with E-state index in [9.17, 15) is 4.79 Å². The van der Waals surface area contributed by atoms with Gasteiger partial charge in [-0.15, -0.1) is 5.10 Å². The van der Waals surface area contributed by atoms with Gasteiger partial charge in [0.1, 0.15) is 0 Å². The predicted octanol–water partition coefficient (Wildman–Crippen LogP) is 3.10. The number of hydrogen-bond acceptors (Lipinski definition) is 6. The van der Waals surface area contributed by atoms with Crippen LogP contribution < -0.4 is 5.32 Å². The molecular formula is C17H19N3O2S. The third-order valence-electron chi connectivity index (χ3n) is 3.02. The topological polar surface area (TPSA) is 64.1 Å². The van der Waals surface area contributed by atoms with E-state index in [4.69, 9.17) is 4.74 Å². The van der Waals surface area contributed by atoms with Crippen LogP contribution in [-0.4, -0.2) is 28.2 Å². The number of carbonyl (C=O) groups is 1. The number of carbonyl (C=O) groups excluding carboxylic acids is 1. The van der Waals surface area contributed by atoms with Crippen molar-refractivity contribution in [2.24, 2.45) is 0 Å². The first-order valence-electron chi connectivity index (χ1n) is 7.54. The van der Waals surface area contributed by atoms with Crippen molar-refractivity contribution in [2.45, 2.75) is 32.8 Å². The lowest BCUT2D eigenvalue weighted by molar-refractivity contribution is 0.0432. The molecule has 6 heteroatoms. The number of unbranched alkanes of at least 4 members (excludes halogenated alkanes) is 1. The first kappa shape index (κ1) is 17.0. The molecule has 0 aliphatic rings. The van der Waals surface area contributed by atoms with E-state index in [-0.39, 0.29) is 5.69 Å². The Balaban J connectivity index is 1.98. The molecule has 0 radical (unpaired) electrons. The molecule has 1 aromatic heterocycles. The molecule has 0 aliphatic heterocycles. The molecule has 1 atom stereocenters.